The number of H-pyrrole nitrogens is 1. The molecule has 2 amide bonds. The molecule has 26 heavy (non-hydrogen) atoms. The third-order valence-corrected chi connectivity index (χ3v) is 5.16. The maximum atomic E-state index is 12.7. The lowest BCUT2D eigenvalue weighted by atomic mass is 9.97. The largest absolute Gasteiger partial charge is 0.365 e. The van der Waals surface area contributed by atoms with E-state index < -0.39 is 0 Å². The van der Waals surface area contributed by atoms with Crippen molar-refractivity contribution >= 4 is 11.8 Å². The maximum Gasteiger partial charge on any atom is 0.228 e. The molecule has 1 saturated heterocycles. The van der Waals surface area contributed by atoms with Gasteiger partial charge in [0.15, 0.2) is 0 Å². The molecule has 1 aromatic heterocycles. The van der Waals surface area contributed by atoms with Crippen molar-refractivity contribution in [2.45, 2.75) is 33.6 Å². The van der Waals surface area contributed by atoms with E-state index in [4.69, 9.17) is 0 Å². The van der Waals surface area contributed by atoms with Crippen molar-refractivity contribution < 1.29 is 9.59 Å². The SMILES string of the molecule is Cc1cc(C)c(CC(=O)N2CCN(C(=O)Cc3ccc[nH]3)CC2)c(C)c1. The quantitative estimate of drug-likeness (QED) is 0.918. The van der Waals surface area contributed by atoms with Crippen molar-refractivity contribution in [3.05, 3.63) is 58.4 Å². The average Bonchev–Trinajstić information content (AvgIpc) is 3.11. The lowest BCUT2D eigenvalue weighted by Gasteiger charge is -2.35. The Balaban J connectivity index is 1.54. The first kappa shape index (κ1) is 18.2. The Kier molecular flexibility index (Phi) is 5.45. The molecule has 2 heterocycles. The zero-order valence-electron chi connectivity index (χ0n) is 15.8. The first-order valence-corrected chi connectivity index (χ1v) is 9.18. The second kappa shape index (κ2) is 7.77. The van der Waals surface area contributed by atoms with E-state index in [9.17, 15) is 9.59 Å². The van der Waals surface area contributed by atoms with Gasteiger partial charge < -0.3 is 14.8 Å². The van der Waals surface area contributed by atoms with Crippen molar-refractivity contribution in [2.24, 2.45) is 0 Å². The summed E-state index contributed by atoms with van der Waals surface area (Å²) in [4.78, 5) is 31.9. The summed E-state index contributed by atoms with van der Waals surface area (Å²) in [5.41, 5.74) is 5.64. The van der Waals surface area contributed by atoms with Crippen LogP contribution in [-0.2, 0) is 22.4 Å². The minimum atomic E-state index is 0.116. The predicted molar refractivity (Wildman–Crippen MR) is 102 cm³/mol. The van der Waals surface area contributed by atoms with Crippen molar-refractivity contribution in [2.75, 3.05) is 26.2 Å². The third kappa shape index (κ3) is 4.15. The van der Waals surface area contributed by atoms with Crippen LogP contribution in [0.15, 0.2) is 30.5 Å². The molecule has 1 aromatic carbocycles. The molecule has 5 heteroatoms. The van der Waals surface area contributed by atoms with Crippen LogP contribution in [0.5, 0.6) is 0 Å². The summed E-state index contributed by atoms with van der Waals surface area (Å²) in [7, 11) is 0. The normalized spacial score (nSPS) is 14.6. The van der Waals surface area contributed by atoms with Crippen LogP contribution in [0.25, 0.3) is 0 Å². The van der Waals surface area contributed by atoms with Gasteiger partial charge in [0.25, 0.3) is 0 Å². The number of aromatic nitrogens is 1. The maximum absolute atomic E-state index is 12.7. The molecule has 1 fully saturated rings. The van der Waals surface area contributed by atoms with Crippen LogP contribution in [0.3, 0.4) is 0 Å². The lowest BCUT2D eigenvalue weighted by molar-refractivity contribution is -0.138. The number of nitrogens with one attached hydrogen (secondary N) is 1. The topological polar surface area (TPSA) is 56.4 Å². The Morgan fingerprint density at radius 2 is 1.46 bits per heavy atom. The summed E-state index contributed by atoms with van der Waals surface area (Å²) in [5.74, 6) is 0.265. The number of amides is 2. The van der Waals surface area contributed by atoms with E-state index in [-0.39, 0.29) is 11.8 Å². The summed E-state index contributed by atoms with van der Waals surface area (Å²) in [5, 5.41) is 0. The standard InChI is InChI=1S/C21H27N3O2/c1-15-11-16(2)19(17(3)12-15)14-21(26)24-9-7-23(8-10-24)20(25)13-18-5-4-6-22-18/h4-6,11-12,22H,7-10,13-14H2,1-3H3. The molecule has 1 aliphatic rings. The minimum absolute atomic E-state index is 0.116. The van der Waals surface area contributed by atoms with E-state index in [1.54, 1.807) is 0 Å². The van der Waals surface area contributed by atoms with Crippen LogP contribution in [0, 0.1) is 20.8 Å². The molecule has 0 spiro atoms. The van der Waals surface area contributed by atoms with Gasteiger partial charge >= 0.3 is 0 Å². The fraction of sp³-hybridized carbons (Fsp3) is 0.429. The summed E-state index contributed by atoms with van der Waals surface area (Å²) in [6.07, 6.45) is 2.66. The molecule has 0 saturated carbocycles. The van der Waals surface area contributed by atoms with Crippen LogP contribution < -0.4 is 0 Å². The molecular weight excluding hydrogens is 326 g/mol. The van der Waals surface area contributed by atoms with Gasteiger partial charge in [0.05, 0.1) is 12.8 Å². The van der Waals surface area contributed by atoms with E-state index in [0.717, 1.165) is 11.3 Å². The molecule has 138 valence electrons. The second-order valence-corrected chi connectivity index (χ2v) is 7.19. The number of hydrogen-bond donors (Lipinski definition) is 1. The molecule has 5 nitrogen and oxygen atoms in total. The van der Waals surface area contributed by atoms with Crippen LogP contribution >= 0.6 is 0 Å². The van der Waals surface area contributed by atoms with Crippen LogP contribution in [-0.4, -0.2) is 52.8 Å². The highest BCUT2D eigenvalue weighted by molar-refractivity contribution is 5.81. The van der Waals surface area contributed by atoms with Crippen LogP contribution in [0.2, 0.25) is 0 Å². The molecular formula is C21H27N3O2. The molecule has 2 aromatic rings. The number of carbonyl (C=O) groups is 2. The van der Waals surface area contributed by atoms with E-state index >= 15 is 0 Å². The van der Waals surface area contributed by atoms with Gasteiger partial charge in [-0.15, -0.1) is 0 Å². The van der Waals surface area contributed by atoms with Crippen molar-refractivity contribution in [3.8, 4) is 0 Å². The molecule has 0 bridgehead atoms. The van der Waals surface area contributed by atoms with Gasteiger partial charge in [0.1, 0.15) is 0 Å². The number of hydrogen-bond acceptors (Lipinski definition) is 2. The van der Waals surface area contributed by atoms with Crippen molar-refractivity contribution in [1.82, 2.24) is 14.8 Å². The minimum Gasteiger partial charge on any atom is -0.365 e. The number of benzene rings is 1. The smallest absolute Gasteiger partial charge is 0.228 e. The zero-order valence-corrected chi connectivity index (χ0v) is 15.8. The summed E-state index contributed by atoms with van der Waals surface area (Å²) in [6, 6.07) is 8.08. The van der Waals surface area contributed by atoms with Gasteiger partial charge in [-0.05, 0) is 49.6 Å². The van der Waals surface area contributed by atoms with E-state index in [2.05, 4.69) is 37.9 Å². The summed E-state index contributed by atoms with van der Waals surface area (Å²) >= 11 is 0. The summed E-state index contributed by atoms with van der Waals surface area (Å²) in [6.45, 7) is 8.65. The van der Waals surface area contributed by atoms with Crippen LogP contribution in [0.4, 0.5) is 0 Å². The van der Waals surface area contributed by atoms with Crippen LogP contribution in [0.1, 0.15) is 27.9 Å². The molecule has 1 N–H and O–H groups in total. The van der Waals surface area contributed by atoms with Gasteiger partial charge in [-0.1, -0.05) is 17.7 Å². The lowest BCUT2D eigenvalue weighted by Crippen LogP contribution is -2.51. The average molecular weight is 353 g/mol. The molecule has 0 atom stereocenters. The Bertz CT molecular complexity index is 765. The Hall–Kier alpha value is -2.56. The number of nitrogens with zero attached hydrogens (tertiary/aromatic N) is 2. The molecule has 0 radical (unpaired) electrons. The number of carbonyl (C=O) groups excluding carboxylic acids is 2. The summed E-state index contributed by atoms with van der Waals surface area (Å²) < 4.78 is 0. The second-order valence-electron chi connectivity index (χ2n) is 7.19. The predicted octanol–water partition coefficient (Wildman–Crippen LogP) is 2.40. The van der Waals surface area contributed by atoms with E-state index in [0.29, 0.717) is 39.0 Å². The monoisotopic (exact) mass is 353 g/mol. The number of piperazine rings is 1. The van der Waals surface area contributed by atoms with E-state index in [1.807, 2.05) is 28.1 Å². The molecule has 0 aliphatic carbocycles. The number of aryl methyl sites for hydroxylation is 3. The van der Waals surface area contributed by atoms with Gasteiger partial charge in [0, 0.05) is 38.1 Å². The van der Waals surface area contributed by atoms with Gasteiger partial charge in [-0.2, -0.15) is 0 Å². The molecule has 0 unspecified atom stereocenters. The fourth-order valence-corrected chi connectivity index (χ4v) is 3.71. The fourth-order valence-electron chi connectivity index (χ4n) is 3.71. The Morgan fingerprint density at radius 1 is 0.923 bits per heavy atom. The highest BCUT2D eigenvalue weighted by Gasteiger charge is 2.24. The number of rotatable bonds is 4. The first-order chi connectivity index (χ1) is 12.4. The Labute approximate surface area is 155 Å². The van der Waals surface area contributed by atoms with E-state index in [1.165, 1.54) is 16.7 Å². The molecule has 3 rings (SSSR count). The van der Waals surface area contributed by atoms with Crippen molar-refractivity contribution in [1.29, 1.82) is 0 Å². The molecule has 1 aliphatic heterocycles. The zero-order chi connectivity index (χ0) is 18.7. The highest BCUT2D eigenvalue weighted by Crippen LogP contribution is 2.18. The van der Waals surface area contributed by atoms with Gasteiger partial charge in [-0.25, -0.2) is 0 Å². The highest BCUT2D eigenvalue weighted by atomic mass is 16.2. The number of aromatic amines is 1. The first-order valence-electron chi connectivity index (χ1n) is 9.18. The van der Waals surface area contributed by atoms with Gasteiger partial charge in [0.2, 0.25) is 11.8 Å². The van der Waals surface area contributed by atoms with Gasteiger partial charge in [-0.3, -0.25) is 9.59 Å². The third-order valence-electron chi connectivity index (χ3n) is 5.16. The Morgan fingerprint density at radius 3 is 1.96 bits per heavy atom. The van der Waals surface area contributed by atoms with Crippen molar-refractivity contribution in [3.63, 3.8) is 0 Å².